The average Bonchev–Trinajstić information content (AvgIpc) is 2.87. The zero-order valence-electron chi connectivity index (χ0n) is 10.2. The average molecular weight is 269 g/mol. The van der Waals surface area contributed by atoms with Crippen molar-refractivity contribution in [2.45, 2.75) is 11.4 Å². The highest BCUT2D eigenvalue weighted by Crippen LogP contribution is 2.41. The molecule has 0 spiro atoms. The normalized spacial score (nSPS) is 22.8. The lowest BCUT2D eigenvalue weighted by Gasteiger charge is -2.17. The van der Waals surface area contributed by atoms with Crippen LogP contribution in [0.1, 0.15) is 10.9 Å². The van der Waals surface area contributed by atoms with E-state index in [1.54, 1.807) is 26.0 Å². The maximum absolute atomic E-state index is 10.9. The molecule has 0 unspecified atom stereocenters. The molecule has 1 heterocycles. The second-order valence-electron chi connectivity index (χ2n) is 3.85. The number of rotatable bonds is 4. The van der Waals surface area contributed by atoms with E-state index in [9.17, 15) is 4.79 Å². The van der Waals surface area contributed by atoms with E-state index in [0.717, 1.165) is 5.56 Å². The van der Waals surface area contributed by atoms with Crippen molar-refractivity contribution in [2.24, 2.45) is 0 Å². The van der Waals surface area contributed by atoms with Crippen molar-refractivity contribution in [3.63, 3.8) is 0 Å². The molecule has 1 aromatic carbocycles. The molecule has 2 N–H and O–H groups in total. The number of thioether (sulfide) groups is 1. The monoisotopic (exact) mass is 269 g/mol. The highest BCUT2D eigenvalue weighted by atomic mass is 32.2. The molecule has 2 atom stereocenters. The molecule has 0 radical (unpaired) electrons. The lowest BCUT2D eigenvalue weighted by Crippen LogP contribution is -2.33. The van der Waals surface area contributed by atoms with E-state index in [2.05, 4.69) is 5.32 Å². The fourth-order valence-electron chi connectivity index (χ4n) is 1.91. The Kier molecular flexibility index (Phi) is 3.98. The maximum atomic E-state index is 10.9. The van der Waals surface area contributed by atoms with E-state index in [-0.39, 0.29) is 5.37 Å². The summed E-state index contributed by atoms with van der Waals surface area (Å²) in [6.07, 6.45) is 0. The molecule has 0 amide bonds. The predicted molar refractivity (Wildman–Crippen MR) is 69.3 cm³/mol. The minimum atomic E-state index is -0.827. The fourth-order valence-corrected chi connectivity index (χ4v) is 3.16. The van der Waals surface area contributed by atoms with Gasteiger partial charge in [-0.25, -0.2) is 0 Å². The predicted octanol–water partition coefficient (Wildman–Crippen LogP) is 1.49. The summed E-state index contributed by atoms with van der Waals surface area (Å²) in [5.41, 5.74) is 0.908. The number of methoxy groups -OCH3 is 2. The van der Waals surface area contributed by atoms with Crippen LogP contribution in [0, 0.1) is 0 Å². The van der Waals surface area contributed by atoms with Gasteiger partial charge < -0.3 is 14.6 Å². The Hall–Kier alpha value is -1.40. The molecule has 98 valence electrons. The van der Waals surface area contributed by atoms with Crippen LogP contribution in [0.5, 0.6) is 11.5 Å². The van der Waals surface area contributed by atoms with Gasteiger partial charge in [0.25, 0.3) is 0 Å². The highest BCUT2D eigenvalue weighted by Gasteiger charge is 2.32. The van der Waals surface area contributed by atoms with Crippen LogP contribution < -0.4 is 14.8 Å². The molecule has 0 saturated carbocycles. The number of carbonyl (C=O) groups is 1. The molecule has 1 aromatic rings. The van der Waals surface area contributed by atoms with Crippen molar-refractivity contribution in [3.05, 3.63) is 23.8 Å². The van der Waals surface area contributed by atoms with Crippen molar-refractivity contribution in [2.75, 3.05) is 20.0 Å². The van der Waals surface area contributed by atoms with Crippen LogP contribution in [0.4, 0.5) is 0 Å². The Morgan fingerprint density at radius 3 is 2.78 bits per heavy atom. The van der Waals surface area contributed by atoms with Gasteiger partial charge in [0.2, 0.25) is 0 Å². The Morgan fingerprint density at radius 2 is 2.22 bits per heavy atom. The van der Waals surface area contributed by atoms with Crippen LogP contribution in [0.2, 0.25) is 0 Å². The number of aliphatic carboxylic acids is 1. The summed E-state index contributed by atoms with van der Waals surface area (Å²) < 4.78 is 10.6. The summed E-state index contributed by atoms with van der Waals surface area (Å²) in [5, 5.41) is 11.9. The van der Waals surface area contributed by atoms with Gasteiger partial charge in [0.05, 0.1) is 19.6 Å². The standard InChI is InChI=1S/C12H15NO4S/c1-16-9-5-3-4-7(10(9)17-2)11-13-8(6-18-11)12(14)15/h3-5,8,11,13H,6H2,1-2H3,(H,14,15)/t8-,11+/m0/s1. The van der Waals surface area contributed by atoms with E-state index in [4.69, 9.17) is 14.6 Å². The Bertz CT molecular complexity index is 452. The van der Waals surface area contributed by atoms with E-state index < -0.39 is 12.0 Å². The molecule has 18 heavy (non-hydrogen) atoms. The van der Waals surface area contributed by atoms with Crippen molar-refractivity contribution in [1.29, 1.82) is 0 Å². The first kappa shape index (κ1) is 13.0. The Labute approximate surface area is 109 Å². The topological polar surface area (TPSA) is 67.8 Å². The number of hydrogen-bond acceptors (Lipinski definition) is 5. The summed E-state index contributed by atoms with van der Waals surface area (Å²) in [4.78, 5) is 10.9. The third-order valence-corrected chi connectivity index (χ3v) is 4.05. The SMILES string of the molecule is COc1cccc([C@@H]2N[C@H](C(=O)O)CS2)c1OC. The Morgan fingerprint density at radius 1 is 1.44 bits per heavy atom. The van der Waals surface area contributed by atoms with Gasteiger partial charge in [-0.05, 0) is 6.07 Å². The number of carboxylic acid groups (broad SMARTS) is 1. The number of carboxylic acids is 1. The van der Waals surface area contributed by atoms with Gasteiger partial charge in [0.15, 0.2) is 11.5 Å². The minimum absolute atomic E-state index is 0.0869. The number of hydrogen-bond donors (Lipinski definition) is 2. The number of para-hydroxylation sites is 1. The number of ether oxygens (including phenoxy) is 2. The molecule has 1 saturated heterocycles. The quantitative estimate of drug-likeness (QED) is 0.863. The first-order valence-electron chi connectivity index (χ1n) is 5.48. The molecule has 0 aromatic heterocycles. The molecule has 1 aliphatic heterocycles. The van der Waals surface area contributed by atoms with Crippen LogP contribution in [0.25, 0.3) is 0 Å². The number of benzene rings is 1. The van der Waals surface area contributed by atoms with Crippen LogP contribution >= 0.6 is 11.8 Å². The van der Waals surface area contributed by atoms with Crippen molar-refractivity contribution >= 4 is 17.7 Å². The smallest absolute Gasteiger partial charge is 0.321 e. The van der Waals surface area contributed by atoms with E-state index >= 15 is 0 Å². The molecule has 2 rings (SSSR count). The molecule has 1 aliphatic rings. The molecule has 0 aliphatic carbocycles. The highest BCUT2D eigenvalue weighted by molar-refractivity contribution is 7.99. The second kappa shape index (κ2) is 5.49. The van der Waals surface area contributed by atoms with Gasteiger partial charge in [0.1, 0.15) is 6.04 Å². The molecular formula is C12H15NO4S. The fraction of sp³-hybridized carbons (Fsp3) is 0.417. The summed E-state index contributed by atoms with van der Waals surface area (Å²) >= 11 is 1.55. The second-order valence-corrected chi connectivity index (χ2v) is 4.99. The van der Waals surface area contributed by atoms with Crippen LogP contribution in [0.15, 0.2) is 18.2 Å². The number of nitrogens with one attached hydrogen (secondary N) is 1. The van der Waals surface area contributed by atoms with Crippen LogP contribution in [-0.4, -0.2) is 37.1 Å². The minimum Gasteiger partial charge on any atom is -0.493 e. The van der Waals surface area contributed by atoms with Crippen molar-refractivity contribution in [1.82, 2.24) is 5.32 Å². The zero-order chi connectivity index (χ0) is 13.1. The van der Waals surface area contributed by atoms with Gasteiger partial charge >= 0.3 is 5.97 Å². The molecule has 5 nitrogen and oxygen atoms in total. The molecule has 6 heteroatoms. The summed E-state index contributed by atoms with van der Waals surface area (Å²) in [6.45, 7) is 0. The van der Waals surface area contributed by atoms with Gasteiger partial charge in [-0.3, -0.25) is 10.1 Å². The van der Waals surface area contributed by atoms with Crippen molar-refractivity contribution in [3.8, 4) is 11.5 Å². The summed E-state index contributed by atoms with van der Waals surface area (Å²) in [7, 11) is 3.16. The first-order valence-corrected chi connectivity index (χ1v) is 6.53. The van der Waals surface area contributed by atoms with Gasteiger partial charge in [0, 0.05) is 11.3 Å². The van der Waals surface area contributed by atoms with Gasteiger partial charge in [-0.15, -0.1) is 11.8 Å². The largest absolute Gasteiger partial charge is 0.493 e. The van der Waals surface area contributed by atoms with E-state index in [1.807, 2.05) is 18.2 Å². The summed E-state index contributed by atoms with van der Waals surface area (Å²) in [5.74, 6) is 1.01. The lowest BCUT2D eigenvalue weighted by atomic mass is 10.1. The molecule has 0 bridgehead atoms. The van der Waals surface area contributed by atoms with Gasteiger partial charge in [-0.2, -0.15) is 0 Å². The molecular weight excluding hydrogens is 254 g/mol. The first-order chi connectivity index (χ1) is 8.67. The van der Waals surface area contributed by atoms with E-state index in [0.29, 0.717) is 17.3 Å². The van der Waals surface area contributed by atoms with Crippen LogP contribution in [0.3, 0.4) is 0 Å². The Balaban J connectivity index is 2.26. The third-order valence-electron chi connectivity index (χ3n) is 2.80. The van der Waals surface area contributed by atoms with Crippen molar-refractivity contribution < 1.29 is 19.4 Å². The summed E-state index contributed by atoms with van der Waals surface area (Å²) in [6, 6.07) is 5.08. The third kappa shape index (κ3) is 2.39. The van der Waals surface area contributed by atoms with Gasteiger partial charge in [-0.1, -0.05) is 12.1 Å². The lowest BCUT2D eigenvalue weighted by molar-refractivity contribution is -0.138. The maximum Gasteiger partial charge on any atom is 0.321 e. The van der Waals surface area contributed by atoms with Crippen LogP contribution in [-0.2, 0) is 4.79 Å². The zero-order valence-corrected chi connectivity index (χ0v) is 11.0. The van der Waals surface area contributed by atoms with E-state index in [1.165, 1.54) is 0 Å². The molecule has 1 fully saturated rings.